The van der Waals surface area contributed by atoms with E-state index in [0.717, 1.165) is 23.4 Å². The first-order chi connectivity index (χ1) is 12.2. The number of hydrogen-bond acceptors (Lipinski definition) is 4. The molecule has 2 aromatic rings. The van der Waals surface area contributed by atoms with Crippen LogP contribution in [0.3, 0.4) is 0 Å². The van der Waals surface area contributed by atoms with Gasteiger partial charge >= 0.3 is 0 Å². The van der Waals surface area contributed by atoms with E-state index >= 15 is 0 Å². The molecule has 0 saturated carbocycles. The van der Waals surface area contributed by atoms with Crippen molar-refractivity contribution < 1.29 is 14.3 Å². The van der Waals surface area contributed by atoms with Crippen LogP contribution < -0.4 is 15.4 Å². The normalized spacial score (nSPS) is 11.6. The summed E-state index contributed by atoms with van der Waals surface area (Å²) in [5.74, 6) is 0.708. The van der Waals surface area contributed by atoms with Crippen LogP contribution in [0, 0.1) is 0 Å². The molecule has 0 fully saturated rings. The van der Waals surface area contributed by atoms with Crippen LogP contribution >= 0.6 is 0 Å². The maximum Gasteiger partial charge on any atom is 0.239 e. The van der Waals surface area contributed by atoms with Crippen molar-refractivity contribution in [3.63, 3.8) is 0 Å². The Morgan fingerprint density at radius 3 is 2.60 bits per heavy atom. The maximum atomic E-state index is 12.2. The van der Waals surface area contributed by atoms with Crippen LogP contribution in [-0.2, 0) is 9.53 Å². The molecule has 0 heterocycles. The average Bonchev–Trinajstić information content (AvgIpc) is 2.66. The molecule has 0 radical (unpaired) electrons. The smallest absolute Gasteiger partial charge is 0.239 e. The molecular weight excluding hydrogens is 316 g/mol. The Morgan fingerprint density at radius 2 is 1.88 bits per heavy atom. The third-order valence-corrected chi connectivity index (χ3v) is 3.79. The van der Waals surface area contributed by atoms with E-state index in [-0.39, 0.29) is 18.5 Å². The van der Waals surface area contributed by atoms with Gasteiger partial charge in [-0.2, -0.15) is 0 Å². The molecule has 5 nitrogen and oxygen atoms in total. The zero-order valence-electron chi connectivity index (χ0n) is 14.8. The van der Waals surface area contributed by atoms with Gasteiger partial charge in [0.1, 0.15) is 12.4 Å². The van der Waals surface area contributed by atoms with Crippen molar-refractivity contribution in [1.29, 1.82) is 0 Å². The van der Waals surface area contributed by atoms with E-state index in [9.17, 15) is 4.79 Å². The van der Waals surface area contributed by atoms with Crippen LogP contribution in [0.4, 0.5) is 5.69 Å². The highest BCUT2D eigenvalue weighted by atomic mass is 16.5. The summed E-state index contributed by atoms with van der Waals surface area (Å²) >= 11 is 0. The molecule has 134 valence electrons. The minimum Gasteiger partial charge on any atom is -0.491 e. The topological polar surface area (TPSA) is 59.6 Å². The summed E-state index contributed by atoms with van der Waals surface area (Å²) < 4.78 is 10.5. The van der Waals surface area contributed by atoms with E-state index in [2.05, 4.69) is 17.6 Å². The zero-order chi connectivity index (χ0) is 17.9. The van der Waals surface area contributed by atoms with E-state index in [1.54, 1.807) is 7.11 Å². The second kappa shape index (κ2) is 10.4. The van der Waals surface area contributed by atoms with Gasteiger partial charge in [-0.25, -0.2) is 0 Å². The quantitative estimate of drug-likeness (QED) is 0.650. The molecule has 0 aliphatic carbocycles. The number of anilines is 1. The summed E-state index contributed by atoms with van der Waals surface area (Å²) in [6, 6.07) is 17.6. The molecule has 1 unspecified atom stereocenters. The van der Waals surface area contributed by atoms with Crippen molar-refractivity contribution in [3.8, 4) is 5.75 Å². The molecule has 2 aromatic carbocycles. The predicted octanol–water partition coefficient (Wildman–Crippen LogP) is 3.39. The number of carbonyl (C=O) groups excluding carboxylic acids is 1. The first kappa shape index (κ1) is 18.8. The molecular formula is C20H26N2O3. The van der Waals surface area contributed by atoms with Crippen molar-refractivity contribution in [2.24, 2.45) is 0 Å². The fraction of sp³-hybridized carbons (Fsp3) is 0.350. The first-order valence-corrected chi connectivity index (χ1v) is 8.53. The van der Waals surface area contributed by atoms with Crippen LogP contribution in [0.2, 0.25) is 0 Å². The van der Waals surface area contributed by atoms with Gasteiger partial charge in [-0.15, -0.1) is 0 Å². The highest BCUT2D eigenvalue weighted by Gasteiger charge is 2.12. The van der Waals surface area contributed by atoms with Gasteiger partial charge in [0.25, 0.3) is 0 Å². The molecule has 0 bridgehead atoms. The molecule has 1 atom stereocenters. The average molecular weight is 342 g/mol. The van der Waals surface area contributed by atoms with Crippen LogP contribution in [0.5, 0.6) is 5.75 Å². The Labute approximate surface area is 149 Å². The summed E-state index contributed by atoms with van der Waals surface area (Å²) in [6.07, 6.45) is 0.846. The number of methoxy groups -OCH3 is 1. The first-order valence-electron chi connectivity index (χ1n) is 8.53. The molecule has 2 N–H and O–H groups in total. The summed E-state index contributed by atoms with van der Waals surface area (Å²) in [4.78, 5) is 12.2. The summed E-state index contributed by atoms with van der Waals surface area (Å²) in [6.45, 7) is 3.31. The fourth-order valence-corrected chi connectivity index (χ4v) is 2.47. The highest BCUT2D eigenvalue weighted by molar-refractivity contribution is 5.81. The molecule has 0 aliphatic rings. The number of ether oxygens (including phenoxy) is 2. The lowest BCUT2D eigenvalue weighted by molar-refractivity contribution is -0.120. The minimum atomic E-state index is -0.0404. The van der Waals surface area contributed by atoms with E-state index in [4.69, 9.17) is 9.47 Å². The van der Waals surface area contributed by atoms with E-state index in [1.807, 2.05) is 54.6 Å². The Bertz CT molecular complexity index is 646. The highest BCUT2D eigenvalue weighted by Crippen LogP contribution is 2.18. The zero-order valence-corrected chi connectivity index (χ0v) is 14.8. The lowest BCUT2D eigenvalue weighted by Crippen LogP contribution is -2.33. The Morgan fingerprint density at radius 1 is 1.08 bits per heavy atom. The molecule has 25 heavy (non-hydrogen) atoms. The Balaban J connectivity index is 1.84. The van der Waals surface area contributed by atoms with E-state index in [0.29, 0.717) is 13.2 Å². The number of carbonyl (C=O) groups is 1. The number of hydrogen-bond donors (Lipinski definition) is 2. The van der Waals surface area contributed by atoms with Gasteiger partial charge in [-0.1, -0.05) is 43.3 Å². The number of amides is 1. The van der Waals surface area contributed by atoms with E-state index in [1.165, 1.54) is 0 Å². The van der Waals surface area contributed by atoms with Gasteiger partial charge in [0.2, 0.25) is 5.91 Å². The van der Waals surface area contributed by atoms with Crippen LogP contribution in [-0.4, -0.2) is 32.8 Å². The van der Waals surface area contributed by atoms with Crippen LogP contribution in [0.15, 0.2) is 54.6 Å². The summed E-state index contributed by atoms with van der Waals surface area (Å²) in [5.41, 5.74) is 1.96. The second-order valence-corrected chi connectivity index (χ2v) is 5.66. The largest absolute Gasteiger partial charge is 0.491 e. The molecule has 1 amide bonds. The lowest BCUT2D eigenvalue weighted by atomic mass is 10.0. The summed E-state index contributed by atoms with van der Waals surface area (Å²) in [5, 5.41) is 6.19. The van der Waals surface area contributed by atoms with Crippen LogP contribution in [0.25, 0.3) is 0 Å². The number of nitrogens with one attached hydrogen (secondary N) is 2. The van der Waals surface area contributed by atoms with Gasteiger partial charge < -0.3 is 20.1 Å². The molecule has 0 saturated heterocycles. The lowest BCUT2D eigenvalue weighted by Gasteiger charge is -2.18. The molecule has 5 heteroatoms. The third-order valence-electron chi connectivity index (χ3n) is 3.79. The Hall–Kier alpha value is -2.53. The summed E-state index contributed by atoms with van der Waals surface area (Å²) in [7, 11) is 1.64. The number of benzene rings is 2. The van der Waals surface area contributed by atoms with Crippen molar-refractivity contribution in [2.45, 2.75) is 19.4 Å². The van der Waals surface area contributed by atoms with Crippen molar-refractivity contribution >= 4 is 11.6 Å². The SMILES string of the molecule is CCC(NC(=O)CNc1cccc(OCCOC)c1)c1ccccc1. The van der Waals surface area contributed by atoms with Gasteiger partial charge in [-0.05, 0) is 24.1 Å². The van der Waals surface area contributed by atoms with Gasteiger partial charge in [-0.3, -0.25) is 4.79 Å². The fourth-order valence-electron chi connectivity index (χ4n) is 2.47. The van der Waals surface area contributed by atoms with Crippen molar-refractivity contribution in [3.05, 3.63) is 60.2 Å². The third kappa shape index (κ3) is 6.47. The maximum absolute atomic E-state index is 12.2. The van der Waals surface area contributed by atoms with E-state index < -0.39 is 0 Å². The molecule has 0 aromatic heterocycles. The Kier molecular flexibility index (Phi) is 7.79. The van der Waals surface area contributed by atoms with Gasteiger partial charge in [0.05, 0.1) is 19.2 Å². The molecule has 2 rings (SSSR count). The van der Waals surface area contributed by atoms with Crippen molar-refractivity contribution in [2.75, 3.05) is 32.2 Å². The minimum absolute atomic E-state index is 0.0270. The molecule has 0 spiro atoms. The van der Waals surface area contributed by atoms with Crippen LogP contribution in [0.1, 0.15) is 24.9 Å². The molecule has 0 aliphatic heterocycles. The van der Waals surface area contributed by atoms with Crippen molar-refractivity contribution in [1.82, 2.24) is 5.32 Å². The second-order valence-electron chi connectivity index (χ2n) is 5.66. The van der Waals surface area contributed by atoms with Gasteiger partial charge in [0, 0.05) is 18.9 Å². The standard InChI is InChI=1S/C20H26N2O3/c1-3-19(16-8-5-4-6-9-16)22-20(23)15-21-17-10-7-11-18(14-17)25-13-12-24-2/h4-11,14,19,21H,3,12-13,15H2,1-2H3,(H,22,23). The monoisotopic (exact) mass is 342 g/mol. The predicted molar refractivity (Wildman–Crippen MR) is 99.9 cm³/mol. The van der Waals surface area contributed by atoms with Gasteiger partial charge in [0.15, 0.2) is 0 Å². The number of rotatable bonds is 10.